The minimum absolute atomic E-state index is 0.260. The first-order valence-corrected chi connectivity index (χ1v) is 5.68. The first-order chi connectivity index (χ1) is 8.56. The van der Waals surface area contributed by atoms with Gasteiger partial charge in [-0.3, -0.25) is 4.98 Å². The zero-order chi connectivity index (χ0) is 13.1. The van der Waals surface area contributed by atoms with Crippen molar-refractivity contribution in [2.75, 3.05) is 0 Å². The molecule has 0 spiro atoms. The van der Waals surface area contributed by atoms with E-state index in [9.17, 15) is 8.78 Å². The molecule has 0 amide bonds. The van der Waals surface area contributed by atoms with Crippen LogP contribution < -0.4 is 5.73 Å². The van der Waals surface area contributed by atoms with Crippen molar-refractivity contribution < 1.29 is 8.78 Å². The Bertz CT molecular complexity index is 538. The quantitative estimate of drug-likeness (QED) is 0.907. The summed E-state index contributed by atoms with van der Waals surface area (Å²) in [6.45, 7) is 1.84. The van der Waals surface area contributed by atoms with E-state index in [-0.39, 0.29) is 17.7 Å². The Morgan fingerprint density at radius 1 is 1.17 bits per heavy atom. The van der Waals surface area contributed by atoms with Crippen LogP contribution in [0.4, 0.5) is 8.78 Å². The monoisotopic (exact) mass is 248 g/mol. The fraction of sp³-hybridized carbons (Fsp3) is 0.214. The molecule has 0 radical (unpaired) electrons. The molecule has 0 saturated carbocycles. The summed E-state index contributed by atoms with van der Waals surface area (Å²) < 4.78 is 25.7. The van der Waals surface area contributed by atoms with E-state index in [1.807, 2.05) is 6.92 Å². The molecule has 1 heterocycles. The highest BCUT2D eigenvalue weighted by molar-refractivity contribution is 5.28. The molecule has 0 fully saturated rings. The molecular weight excluding hydrogens is 234 g/mol. The average Bonchev–Trinajstić information content (AvgIpc) is 2.33. The van der Waals surface area contributed by atoms with Crippen molar-refractivity contribution in [3.05, 3.63) is 65.0 Å². The van der Waals surface area contributed by atoms with Gasteiger partial charge in [-0.05, 0) is 48.7 Å². The first kappa shape index (κ1) is 12.6. The van der Waals surface area contributed by atoms with Crippen molar-refractivity contribution in [3.63, 3.8) is 0 Å². The molecule has 0 aliphatic heterocycles. The van der Waals surface area contributed by atoms with Gasteiger partial charge in [0.1, 0.15) is 11.6 Å². The van der Waals surface area contributed by atoms with Gasteiger partial charge in [0.25, 0.3) is 0 Å². The molecule has 0 saturated heterocycles. The highest BCUT2D eigenvalue weighted by Gasteiger charge is 2.10. The van der Waals surface area contributed by atoms with Crippen LogP contribution >= 0.6 is 0 Å². The number of aromatic nitrogens is 1. The summed E-state index contributed by atoms with van der Waals surface area (Å²) in [6, 6.07) is 7.18. The van der Waals surface area contributed by atoms with Crippen LogP contribution in [0.2, 0.25) is 0 Å². The lowest BCUT2D eigenvalue weighted by molar-refractivity contribution is 0.610. The molecule has 2 N–H and O–H groups in total. The van der Waals surface area contributed by atoms with Gasteiger partial charge in [-0.25, -0.2) is 8.78 Å². The molecule has 2 nitrogen and oxygen atoms in total. The predicted octanol–water partition coefficient (Wildman–Crippen LogP) is 2.91. The van der Waals surface area contributed by atoms with Crippen LogP contribution in [-0.4, -0.2) is 4.98 Å². The number of halogens is 2. The van der Waals surface area contributed by atoms with E-state index < -0.39 is 0 Å². The second kappa shape index (κ2) is 5.23. The van der Waals surface area contributed by atoms with Gasteiger partial charge in [-0.1, -0.05) is 6.07 Å². The number of benzene rings is 1. The standard InChI is InChI=1S/C14H14F2N2/c1-9-6-11(15)3-2-10(9)7-13(17)14-5-4-12(16)8-18-14/h2-6,8,13H,7,17H2,1H3. The summed E-state index contributed by atoms with van der Waals surface area (Å²) in [7, 11) is 0. The molecule has 0 bridgehead atoms. The van der Waals surface area contributed by atoms with Gasteiger partial charge in [0.2, 0.25) is 0 Å². The van der Waals surface area contributed by atoms with E-state index in [2.05, 4.69) is 4.98 Å². The number of aryl methyl sites for hydroxylation is 1. The van der Waals surface area contributed by atoms with Crippen molar-refractivity contribution in [3.8, 4) is 0 Å². The van der Waals surface area contributed by atoms with Crippen molar-refractivity contribution in [2.45, 2.75) is 19.4 Å². The number of hydrogen-bond acceptors (Lipinski definition) is 2. The van der Waals surface area contributed by atoms with Crippen LogP contribution in [0, 0.1) is 18.6 Å². The van der Waals surface area contributed by atoms with E-state index in [0.29, 0.717) is 12.1 Å². The molecular formula is C14H14F2N2. The van der Waals surface area contributed by atoms with Crippen LogP contribution in [0.25, 0.3) is 0 Å². The minimum Gasteiger partial charge on any atom is -0.322 e. The Morgan fingerprint density at radius 2 is 1.89 bits per heavy atom. The van der Waals surface area contributed by atoms with Crippen molar-refractivity contribution in [2.24, 2.45) is 5.73 Å². The Morgan fingerprint density at radius 3 is 2.50 bits per heavy atom. The Balaban J connectivity index is 2.15. The zero-order valence-electron chi connectivity index (χ0n) is 10.0. The Labute approximate surface area is 104 Å². The molecule has 94 valence electrons. The van der Waals surface area contributed by atoms with E-state index in [0.717, 1.165) is 17.3 Å². The Hall–Kier alpha value is -1.81. The van der Waals surface area contributed by atoms with Crippen molar-refractivity contribution in [1.82, 2.24) is 4.98 Å². The molecule has 1 aromatic heterocycles. The number of hydrogen-bond donors (Lipinski definition) is 1. The van der Waals surface area contributed by atoms with E-state index in [4.69, 9.17) is 5.73 Å². The third kappa shape index (κ3) is 2.90. The molecule has 0 aliphatic rings. The van der Waals surface area contributed by atoms with Gasteiger partial charge in [0, 0.05) is 0 Å². The predicted molar refractivity (Wildman–Crippen MR) is 66.0 cm³/mol. The molecule has 1 aromatic carbocycles. The number of pyridine rings is 1. The molecule has 4 heteroatoms. The van der Waals surface area contributed by atoms with Gasteiger partial charge < -0.3 is 5.73 Å². The summed E-state index contributed by atoms with van der Waals surface area (Å²) in [5.41, 5.74) is 8.45. The van der Waals surface area contributed by atoms with Crippen LogP contribution in [0.5, 0.6) is 0 Å². The normalized spacial score (nSPS) is 12.4. The fourth-order valence-corrected chi connectivity index (χ4v) is 1.84. The third-order valence-corrected chi connectivity index (χ3v) is 2.87. The maximum atomic E-state index is 13.0. The molecule has 1 atom stereocenters. The number of nitrogens with zero attached hydrogens (tertiary/aromatic N) is 1. The maximum absolute atomic E-state index is 13.0. The van der Waals surface area contributed by atoms with Crippen LogP contribution in [0.3, 0.4) is 0 Å². The van der Waals surface area contributed by atoms with Gasteiger partial charge in [-0.2, -0.15) is 0 Å². The molecule has 2 aromatic rings. The lowest BCUT2D eigenvalue weighted by Gasteiger charge is -2.13. The van der Waals surface area contributed by atoms with Crippen molar-refractivity contribution >= 4 is 0 Å². The van der Waals surface area contributed by atoms with Crippen LogP contribution in [0.15, 0.2) is 36.5 Å². The molecule has 2 rings (SSSR count). The minimum atomic E-state index is -0.385. The smallest absolute Gasteiger partial charge is 0.141 e. The summed E-state index contributed by atoms with van der Waals surface area (Å²) in [5.74, 6) is -0.645. The number of nitrogens with two attached hydrogens (primary N) is 1. The average molecular weight is 248 g/mol. The highest BCUT2D eigenvalue weighted by Crippen LogP contribution is 2.18. The summed E-state index contributed by atoms with van der Waals surface area (Å²) >= 11 is 0. The van der Waals surface area contributed by atoms with Crippen molar-refractivity contribution in [1.29, 1.82) is 0 Å². The summed E-state index contributed by atoms with van der Waals surface area (Å²) in [4.78, 5) is 3.95. The molecule has 1 unspecified atom stereocenters. The van der Waals surface area contributed by atoms with Gasteiger partial charge in [0.15, 0.2) is 0 Å². The SMILES string of the molecule is Cc1cc(F)ccc1CC(N)c1ccc(F)cn1. The highest BCUT2D eigenvalue weighted by atomic mass is 19.1. The molecule has 18 heavy (non-hydrogen) atoms. The van der Waals surface area contributed by atoms with Crippen LogP contribution in [-0.2, 0) is 6.42 Å². The second-order valence-corrected chi connectivity index (χ2v) is 4.28. The Kier molecular flexibility index (Phi) is 3.67. The van der Waals surface area contributed by atoms with Gasteiger partial charge in [0.05, 0.1) is 17.9 Å². The zero-order valence-corrected chi connectivity index (χ0v) is 10.0. The summed E-state index contributed by atoms with van der Waals surface area (Å²) in [6.07, 6.45) is 1.69. The fourth-order valence-electron chi connectivity index (χ4n) is 1.84. The van der Waals surface area contributed by atoms with Crippen LogP contribution in [0.1, 0.15) is 22.9 Å². The van der Waals surface area contributed by atoms with E-state index >= 15 is 0 Å². The summed E-state index contributed by atoms with van der Waals surface area (Å²) in [5, 5.41) is 0. The van der Waals surface area contributed by atoms with Gasteiger partial charge in [-0.15, -0.1) is 0 Å². The largest absolute Gasteiger partial charge is 0.322 e. The first-order valence-electron chi connectivity index (χ1n) is 5.68. The lowest BCUT2D eigenvalue weighted by Crippen LogP contribution is -2.15. The van der Waals surface area contributed by atoms with Gasteiger partial charge >= 0.3 is 0 Å². The second-order valence-electron chi connectivity index (χ2n) is 4.28. The lowest BCUT2D eigenvalue weighted by atomic mass is 9.99. The third-order valence-electron chi connectivity index (χ3n) is 2.87. The van der Waals surface area contributed by atoms with E-state index in [1.54, 1.807) is 12.1 Å². The molecule has 0 aliphatic carbocycles. The van der Waals surface area contributed by atoms with E-state index in [1.165, 1.54) is 18.2 Å². The maximum Gasteiger partial charge on any atom is 0.141 e. The topological polar surface area (TPSA) is 38.9 Å². The number of rotatable bonds is 3.